The highest BCUT2D eigenvalue weighted by atomic mass is 31.2. The normalized spacial score (nSPS) is 27.3. The summed E-state index contributed by atoms with van der Waals surface area (Å²) in [6.45, 7) is 8.27. The van der Waals surface area contributed by atoms with E-state index in [0.717, 1.165) is 47.8 Å². The van der Waals surface area contributed by atoms with Gasteiger partial charge in [0.1, 0.15) is 30.7 Å². The summed E-state index contributed by atoms with van der Waals surface area (Å²) in [5.41, 5.74) is 0. The van der Waals surface area contributed by atoms with Crippen LogP contribution >= 0.6 is 7.60 Å². The standard InChI is InChI=1S/C28H41O18P/c1-9-39-47(35,40-10-2)22-13-38-20(11-36-14(3)29)23(25(22)42-17(6)32)46-28-27(44-19(8)34)26(43-18(7)33)24(41-16(5)31)21(45-28)12-37-15(4)30/h13,20-21,23-28H,9-12H2,1-8H3/t20?,21?,23-,24+,25-,26?,27?,28+/m1/s1. The Morgan fingerprint density at radius 3 is 1.57 bits per heavy atom. The van der Waals surface area contributed by atoms with Crippen molar-refractivity contribution in [1.82, 2.24) is 0 Å². The molecule has 2 aliphatic rings. The minimum Gasteiger partial charge on any atom is -0.491 e. The molecule has 0 spiro atoms. The summed E-state index contributed by atoms with van der Waals surface area (Å²) in [5, 5.41) is -0.286. The van der Waals surface area contributed by atoms with Crippen molar-refractivity contribution in [2.45, 2.75) is 104 Å². The van der Waals surface area contributed by atoms with Crippen molar-refractivity contribution in [2.75, 3.05) is 26.4 Å². The minimum absolute atomic E-state index is 0.0937. The van der Waals surface area contributed by atoms with Gasteiger partial charge in [0, 0.05) is 41.5 Å². The summed E-state index contributed by atoms with van der Waals surface area (Å²) >= 11 is 0. The molecule has 0 radical (unpaired) electrons. The van der Waals surface area contributed by atoms with E-state index in [9.17, 15) is 33.3 Å². The highest BCUT2D eigenvalue weighted by Gasteiger charge is 2.56. The number of esters is 6. The number of rotatable bonds is 15. The molecule has 2 aliphatic heterocycles. The summed E-state index contributed by atoms with van der Waals surface area (Å²) in [7, 11) is -4.23. The highest BCUT2D eigenvalue weighted by Crippen LogP contribution is 2.59. The maximum absolute atomic E-state index is 13.9. The SMILES string of the molecule is CCOP(=O)(OCC)C1=COC(COC(C)=O)[C@@H](O[C@@H]2OC(COC(C)=O)[C@H](OC(C)=O)C(OC(C)=O)C2OC(C)=O)[C@@H]1OC(C)=O. The van der Waals surface area contributed by atoms with Crippen molar-refractivity contribution in [1.29, 1.82) is 0 Å². The van der Waals surface area contributed by atoms with Crippen molar-refractivity contribution in [2.24, 2.45) is 0 Å². The van der Waals surface area contributed by atoms with Crippen LogP contribution in [0.3, 0.4) is 0 Å². The van der Waals surface area contributed by atoms with E-state index in [1.54, 1.807) is 13.8 Å². The van der Waals surface area contributed by atoms with Crippen LogP contribution in [0.1, 0.15) is 55.4 Å². The fraction of sp³-hybridized carbons (Fsp3) is 0.714. The van der Waals surface area contributed by atoms with E-state index in [4.69, 9.17) is 51.7 Å². The van der Waals surface area contributed by atoms with E-state index in [0.29, 0.717) is 0 Å². The zero-order valence-electron chi connectivity index (χ0n) is 27.3. The van der Waals surface area contributed by atoms with Gasteiger partial charge in [-0.2, -0.15) is 0 Å². The van der Waals surface area contributed by atoms with Crippen LogP contribution in [0.4, 0.5) is 0 Å². The van der Waals surface area contributed by atoms with Gasteiger partial charge in [-0.25, -0.2) is 0 Å². The van der Waals surface area contributed by atoms with Gasteiger partial charge in [0.15, 0.2) is 36.8 Å². The Hall–Kier alpha value is -3.57. The molecule has 266 valence electrons. The van der Waals surface area contributed by atoms with Crippen LogP contribution in [0, 0.1) is 0 Å². The smallest absolute Gasteiger partial charge is 0.364 e. The first kappa shape index (κ1) is 39.6. The predicted molar refractivity (Wildman–Crippen MR) is 153 cm³/mol. The first-order valence-electron chi connectivity index (χ1n) is 14.5. The Morgan fingerprint density at radius 1 is 0.638 bits per heavy atom. The minimum atomic E-state index is -4.23. The van der Waals surface area contributed by atoms with E-state index in [1.807, 2.05) is 0 Å². The molecule has 0 aromatic rings. The van der Waals surface area contributed by atoms with Gasteiger partial charge in [0.25, 0.3) is 0 Å². The van der Waals surface area contributed by atoms with E-state index >= 15 is 0 Å². The Bertz CT molecular complexity index is 1220. The highest BCUT2D eigenvalue weighted by molar-refractivity contribution is 7.58. The van der Waals surface area contributed by atoms with Crippen LogP contribution < -0.4 is 0 Å². The zero-order valence-corrected chi connectivity index (χ0v) is 28.2. The lowest BCUT2D eigenvalue weighted by Gasteiger charge is -2.46. The van der Waals surface area contributed by atoms with Gasteiger partial charge < -0.3 is 51.7 Å². The van der Waals surface area contributed by atoms with Gasteiger partial charge >= 0.3 is 43.4 Å². The number of hydrogen-bond acceptors (Lipinski definition) is 18. The third kappa shape index (κ3) is 11.6. The maximum atomic E-state index is 13.9. The molecule has 0 bridgehead atoms. The lowest BCUT2D eigenvalue weighted by atomic mass is 9.97. The molecule has 0 N–H and O–H groups in total. The van der Waals surface area contributed by atoms with E-state index in [1.165, 1.54) is 0 Å². The Kier molecular flexibility index (Phi) is 15.3. The number of hydrogen-bond donors (Lipinski definition) is 0. The molecule has 1 saturated heterocycles. The van der Waals surface area contributed by atoms with E-state index in [-0.39, 0.29) is 18.5 Å². The van der Waals surface area contributed by atoms with Crippen molar-refractivity contribution in [3.8, 4) is 0 Å². The van der Waals surface area contributed by atoms with Crippen LogP contribution in [0.15, 0.2) is 11.6 Å². The second-order valence-electron chi connectivity index (χ2n) is 10.1. The molecule has 47 heavy (non-hydrogen) atoms. The molecule has 0 aliphatic carbocycles. The van der Waals surface area contributed by atoms with Gasteiger partial charge in [-0.3, -0.25) is 33.3 Å². The van der Waals surface area contributed by atoms with Gasteiger partial charge in [-0.05, 0) is 13.8 Å². The quantitative estimate of drug-likeness (QED) is 0.134. The van der Waals surface area contributed by atoms with Gasteiger partial charge in [0.05, 0.1) is 19.5 Å². The van der Waals surface area contributed by atoms with Crippen LogP contribution in [0.5, 0.6) is 0 Å². The topological polar surface area (TPSA) is 221 Å². The molecule has 4 unspecified atom stereocenters. The molecule has 2 heterocycles. The average Bonchev–Trinajstić information content (AvgIpc) is 2.94. The Balaban J connectivity index is 2.75. The molecule has 0 saturated carbocycles. The molecule has 0 amide bonds. The lowest BCUT2D eigenvalue weighted by Crippen LogP contribution is -2.64. The molecule has 2 rings (SSSR count). The summed E-state index contributed by atoms with van der Waals surface area (Å²) < 4.78 is 74.9. The second kappa shape index (κ2) is 18.1. The first-order chi connectivity index (χ1) is 22.0. The third-order valence-corrected chi connectivity index (χ3v) is 8.41. The predicted octanol–water partition coefficient (Wildman–Crippen LogP) is 1.46. The lowest BCUT2D eigenvalue weighted by molar-refractivity contribution is -0.328. The first-order valence-corrected chi connectivity index (χ1v) is 16.1. The largest absolute Gasteiger partial charge is 0.491 e. The molecular formula is C28H41O18P. The Labute approximate surface area is 271 Å². The number of carbonyl (C=O) groups excluding carboxylic acids is 6. The average molecular weight is 697 g/mol. The summed E-state index contributed by atoms with van der Waals surface area (Å²) in [5.74, 6) is -4.97. The summed E-state index contributed by atoms with van der Waals surface area (Å²) in [4.78, 5) is 72.4. The van der Waals surface area contributed by atoms with Crippen molar-refractivity contribution < 1.29 is 85.0 Å². The molecule has 18 nitrogen and oxygen atoms in total. The van der Waals surface area contributed by atoms with Crippen molar-refractivity contribution in [3.05, 3.63) is 11.6 Å². The van der Waals surface area contributed by atoms with Crippen LogP contribution in [0.25, 0.3) is 0 Å². The molecule has 0 aromatic heterocycles. The number of carbonyl (C=O) groups is 6. The monoisotopic (exact) mass is 696 g/mol. The fourth-order valence-electron chi connectivity index (χ4n) is 4.66. The van der Waals surface area contributed by atoms with Gasteiger partial charge in [-0.15, -0.1) is 0 Å². The molecule has 8 atom stereocenters. The zero-order chi connectivity index (χ0) is 35.5. The molecule has 0 aromatic carbocycles. The van der Waals surface area contributed by atoms with E-state index < -0.39 is 106 Å². The van der Waals surface area contributed by atoms with E-state index in [2.05, 4.69) is 0 Å². The van der Waals surface area contributed by atoms with Crippen LogP contribution in [-0.2, 0) is 85.0 Å². The number of ether oxygens (including phenoxy) is 9. The van der Waals surface area contributed by atoms with Gasteiger partial charge in [-0.1, -0.05) is 0 Å². The third-order valence-electron chi connectivity index (χ3n) is 6.22. The maximum Gasteiger partial charge on any atom is 0.364 e. The molecule has 1 fully saturated rings. The second-order valence-corrected chi connectivity index (χ2v) is 12.1. The molecular weight excluding hydrogens is 655 g/mol. The van der Waals surface area contributed by atoms with Crippen LogP contribution in [0.2, 0.25) is 0 Å². The summed E-state index contributed by atoms with van der Waals surface area (Å²) in [6.07, 6.45) is -11.4. The van der Waals surface area contributed by atoms with Crippen molar-refractivity contribution >= 4 is 43.4 Å². The van der Waals surface area contributed by atoms with Crippen molar-refractivity contribution in [3.63, 3.8) is 0 Å². The fourth-order valence-corrected chi connectivity index (χ4v) is 6.42. The van der Waals surface area contributed by atoms with Gasteiger partial charge in [0.2, 0.25) is 0 Å². The summed E-state index contributed by atoms with van der Waals surface area (Å²) in [6, 6.07) is 0. The van der Waals surface area contributed by atoms with Crippen LogP contribution in [-0.4, -0.2) is 111 Å². The Morgan fingerprint density at radius 2 is 1.11 bits per heavy atom. The molecule has 19 heteroatoms.